The normalized spacial score (nSPS) is 11.8. The predicted molar refractivity (Wildman–Crippen MR) is 77.3 cm³/mol. The summed E-state index contributed by atoms with van der Waals surface area (Å²) in [4.78, 5) is 16.6. The fraction of sp³-hybridized carbons (Fsp3) is 0.0667. The molecule has 0 atom stereocenters. The van der Waals surface area contributed by atoms with E-state index < -0.39 is 0 Å². The first-order chi connectivity index (χ1) is 9.75. The molecule has 0 spiro atoms. The Bertz CT molecular complexity index is 783. The molecular formula is C15H12N2O2S. The summed E-state index contributed by atoms with van der Waals surface area (Å²) >= 11 is 1.43. The van der Waals surface area contributed by atoms with Crippen LogP contribution >= 0.6 is 11.3 Å². The van der Waals surface area contributed by atoms with Gasteiger partial charge in [-0.15, -0.1) is 11.3 Å². The second-order valence-corrected chi connectivity index (χ2v) is 5.06. The molecule has 0 unspecified atom stereocenters. The first-order valence-corrected chi connectivity index (χ1v) is 6.96. The van der Waals surface area contributed by atoms with Crippen molar-refractivity contribution in [3.63, 3.8) is 0 Å². The van der Waals surface area contributed by atoms with E-state index in [1.165, 1.54) is 17.6 Å². The van der Waals surface area contributed by atoms with Gasteiger partial charge in [-0.3, -0.25) is 4.79 Å². The van der Waals surface area contributed by atoms with E-state index >= 15 is 0 Å². The summed E-state index contributed by atoms with van der Waals surface area (Å²) in [6, 6.07) is 13.3. The summed E-state index contributed by atoms with van der Waals surface area (Å²) in [6.07, 6.45) is 1.46. The zero-order valence-corrected chi connectivity index (χ0v) is 11.6. The van der Waals surface area contributed by atoms with Gasteiger partial charge in [-0.25, -0.2) is 0 Å². The molecule has 1 aromatic carbocycles. The number of thiazole rings is 1. The molecule has 2 aromatic heterocycles. The van der Waals surface area contributed by atoms with Gasteiger partial charge in [0, 0.05) is 12.4 Å². The van der Waals surface area contributed by atoms with Crippen LogP contribution in [0.5, 0.6) is 0 Å². The highest BCUT2D eigenvalue weighted by Gasteiger charge is 2.09. The highest BCUT2D eigenvalue weighted by Crippen LogP contribution is 2.18. The average Bonchev–Trinajstić information content (AvgIpc) is 3.11. The fourth-order valence-corrected chi connectivity index (χ4v) is 2.79. The molecule has 0 saturated heterocycles. The molecule has 20 heavy (non-hydrogen) atoms. The van der Waals surface area contributed by atoms with Crippen LogP contribution in [0.25, 0.3) is 11.3 Å². The number of hydrogen-bond donors (Lipinski definition) is 0. The summed E-state index contributed by atoms with van der Waals surface area (Å²) in [5.41, 5.74) is 2.12. The zero-order chi connectivity index (χ0) is 13.9. The molecule has 0 aliphatic heterocycles. The number of amides is 1. The second kappa shape index (κ2) is 5.30. The molecule has 0 N–H and O–H groups in total. The molecule has 0 bridgehead atoms. The Kier molecular flexibility index (Phi) is 3.35. The van der Waals surface area contributed by atoms with E-state index in [-0.39, 0.29) is 11.7 Å². The van der Waals surface area contributed by atoms with E-state index in [9.17, 15) is 4.79 Å². The molecule has 2 heterocycles. The molecule has 100 valence electrons. The Balaban J connectivity index is 2.01. The van der Waals surface area contributed by atoms with Gasteiger partial charge < -0.3 is 8.98 Å². The second-order valence-electron chi connectivity index (χ2n) is 4.22. The van der Waals surface area contributed by atoms with Crippen molar-refractivity contribution in [3.05, 3.63) is 64.7 Å². The van der Waals surface area contributed by atoms with Crippen molar-refractivity contribution in [2.24, 2.45) is 12.0 Å². The lowest BCUT2D eigenvalue weighted by Gasteiger charge is -2.01. The minimum absolute atomic E-state index is 0.250. The number of nitrogens with zero attached hydrogens (tertiary/aromatic N) is 2. The van der Waals surface area contributed by atoms with Crippen molar-refractivity contribution < 1.29 is 9.21 Å². The van der Waals surface area contributed by atoms with Gasteiger partial charge >= 0.3 is 5.91 Å². The molecule has 3 aromatic rings. The lowest BCUT2D eigenvalue weighted by molar-refractivity contribution is 0.0971. The van der Waals surface area contributed by atoms with Crippen molar-refractivity contribution in [2.45, 2.75) is 0 Å². The van der Waals surface area contributed by atoms with Gasteiger partial charge in [0.25, 0.3) is 0 Å². The minimum atomic E-state index is -0.368. The third-order valence-corrected chi connectivity index (χ3v) is 3.84. The van der Waals surface area contributed by atoms with Gasteiger partial charge in [-0.05, 0) is 17.7 Å². The van der Waals surface area contributed by atoms with Gasteiger partial charge in [0.2, 0.25) is 0 Å². The third-order valence-electron chi connectivity index (χ3n) is 2.92. The van der Waals surface area contributed by atoms with E-state index in [4.69, 9.17) is 4.42 Å². The molecule has 1 amide bonds. The summed E-state index contributed by atoms with van der Waals surface area (Å²) in [5, 5.41) is 1.99. The maximum absolute atomic E-state index is 11.9. The van der Waals surface area contributed by atoms with Crippen molar-refractivity contribution in [1.82, 2.24) is 4.57 Å². The van der Waals surface area contributed by atoms with Crippen LogP contribution in [0.3, 0.4) is 0 Å². The van der Waals surface area contributed by atoms with E-state index in [0.29, 0.717) is 4.80 Å². The highest BCUT2D eigenvalue weighted by atomic mass is 32.1. The Morgan fingerprint density at radius 2 is 2.00 bits per heavy atom. The molecule has 4 nitrogen and oxygen atoms in total. The molecule has 5 heteroatoms. The Labute approximate surface area is 119 Å². The Morgan fingerprint density at radius 1 is 1.20 bits per heavy atom. The number of carbonyl (C=O) groups excluding carboxylic acids is 1. The van der Waals surface area contributed by atoms with E-state index in [0.717, 1.165) is 11.3 Å². The largest absolute Gasteiger partial charge is 0.459 e. The van der Waals surface area contributed by atoms with Crippen LogP contribution in [0.15, 0.2) is 63.5 Å². The number of furan rings is 1. The molecule has 0 aliphatic rings. The summed E-state index contributed by atoms with van der Waals surface area (Å²) in [6.45, 7) is 0. The maximum Gasteiger partial charge on any atom is 0.315 e. The number of carbonyl (C=O) groups is 1. The average molecular weight is 284 g/mol. The SMILES string of the molecule is Cn1c(-c2ccccc2)cs/c1=N/C(=O)c1ccco1. The molecule has 0 saturated carbocycles. The molecule has 3 rings (SSSR count). The number of benzene rings is 1. The van der Waals surface area contributed by atoms with Crippen molar-refractivity contribution in [3.8, 4) is 11.3 Å². The van der Waals surface area contributed by atoms with Crippen molar-refractivity contribution >= 4 is 17.2 Å². The number of hydrogen-bond acceptors (Lipinski definition) is 3. The van der Waals surface area contributed by atoms with E-state index in [1.807, 2.05) is 47.3 Å². The lowest BCUT2D eigenvalue weighted by atomic mass is 10.2. The number of rotatable bonds is 2. The third kappa shape index (κ3) is 2.35. The Hall–Kier alpha value is -2.40. The van der Waals surface area contributed by atoms with Gasteiger partial charge in [0.1, 0.15) is 0 Å². The van der Waals surface area contributed by atoms with Crippen LogP contribution in [0.2, 0.25) is 0 Å². The van der Waals surface area contributed by atoms with Gasteiger partial charge in [-0.1, -0.05) is 30.3 Å². The predicted octanol–water partition coefficient (Wildman–Crippen LogP) is 3.09. The van der Waals surface area contributed by atoms with E-state index in [1.54, 1.807) is 12.1 Å². The standard InChI is InChI=1S/C15H12N2O2S/c1-17-12(11-6-3-2-4-7-11)10-20-15(17)16-14(18)13-8-5-9-19-13/h2-10H,1H3/b16-15+. The van der Waals surface area contributed by atoms with Gasteiger partial charge in [0.15, 0.2) is 10.6 Å². The Morgan fingerprint density at radius 3 is 2.70 bits per heavy atom. The van der Waals surface area contributed by atoms with Gasteiger partial charge in [0.05, 0.1) is 12.0 Å². The highest BCUT2D eigenvalue weighted by molar-refractivity contribution is 7.07. The molecule has 0 fully saturated rings. The molecule has 0 radical (unpaired) electrons. The summed E-state index contributed by atoms with van der Waals surface area (Å²) in [7, 11) is 1.90. The lowest BCUT2D eigenvalue weighted by Crippen LogP contribution is -2.14. The molecular weight excluding hydrogens is 272 g/mol. The quantitative estimate of drug-likeness (QED) is 0.726. The topological polar surface area (TPSA) is 47.5 Å². The smallest absolute Gasteiger partial charge is 0.315 e. The van der Waals surface area contributed by atoms with Crippen LogP contribution in [0.4, 0.5) is 0 Å². The van der Waals surface area contributed by atoms with Crippen LogP contribution in [0.1, 0.15) is 10.6 Å². The van der Waals surface area contributed by atoms with Crippen LogP contribution in [-0.4, -0.2) is 10.5 Å². The first-order valence-electron chi connectivity index (χ1n) is 6.08. The summed E-state index contributed by atoms with van der Waals surface area (Å²) in [5.74, 6) is -0.119. The monoisotopic (exact) mass is 284 g/mol. The number of aromatic nitrogens is 1. The van der Waals surface area contributed by atoms with Crippen molar-refractivity contribution in [1.29, 1.82) is 0 Å². The van der Waals surface area contributed by atoms with Crippen LogP contribution in [0, 0.1) is 0 Å². The summed E-state index contributed by atoms with van der Waals surface area (Å²) < 4.78 is 6.95. The minimum Gasteiger partial charge on any atom is -0.459 e. The van der Waals surface area contributed by atoms with Crippen LogP contribution < -0.4 is 4.80 Å². The first kappa shape index (κ1) is 12.6. The zero-order valence-electron chi connectivity index (χ0n) is 10.8. The van der Waals surface area contributed by atoms with E-state index in [2.05, 4.69) is 4.99 Å². The fourth-order valence-electron chi connectivity index (χ4n) is 1.88. The van der Waals surface area contributed by atoms with Crippen molar-refractivity contribution in [2.75, 3.05) is 0 Å². The van der Waals surface area contributed by atoms with Gasteiger partial charge in [-0.2, -0.15) is 4.99 Å². The molecule has 0 aliphatic carbocycles. The maximum atomic E-state index is 11.9. The van der Waals surface area contributed by atoms with Crippen LogP contribution in [-0.2, 0) is 7.05 Å².